The Morgan fingerprint density at radius 1 is 0.535 bits per heavy atom. The second kappa shape index (κ2) is 26.4. The number of rotatable bonds is 18. The first kappa shape index (κ1) is 43.3. The third-order valence-electron chi connectivity index (χ3n) is 7.57. The van der Waals surface area contributed by atoms with Crippen molar-refractivity contribution in [3.8, 4) is 0 Å². The summed E-state index contributed by atoms with van der Waals surface area (Å²) in [5.74, 6) is 0. The number of hydrogen-bond acceptors (Lipinski definition) is 6. The molecular formula is C34H52N2S6Zn. The van der Waals surface area contributed by atoms with E-state index in [-0.39, 0.29) is 19.5 Å². The summed E-state index contributed by atoms with van der Waals surface area (Å²) < 4.78 is 2.22. The van der Waals surface area contributed by atoms with Crippen LogP contribution in [-0.2, 0) is 96.0 Å². The van der Waals surface area contributed by atoms with Crippen LogP contribution in [0.4, 0.5) is 11.4 Å². The molecule has 236 valence electrons. The molecule has 0 aliphatic rings. The first-order chi connectivity index (χ1) is 20.2. The first-order valence-corrected chi connectivity index (χ1v) is 18.4. The van der Waals surface area contributed by atoms with Gasteiger partial charge in [-0.05, 0) is 74.6 Å². The van der Waals surface area contributed by atoms with Crippen LogP contribution in [0.5, 0.6) is 0 Å². The van der Waals surface area contributed by atoms with Gasteiger partial charge in [0.1, 0.15) is 11.4 Å². The Morgan fingerprint density at radius 2 is 0.837 bits per heavy atom. The third-order valence-corrected chi connectivity index (χ3v) is 9.75. The van der Waals surface area contributed by atoms with Crippen LogP contribution in [0.25, 0.3) is 0 Å². The summed E-state index contributed by atoms with van der Waals surface area (Å²) >= 11 is 31.4. The zero-order valence-electron chi connectivity index (χ0n) is 26.9. The molecular weight excluding hydrogens is 694 g/mol. The number of thiocarbonyl (C=S) groups is 2. The molecule has 9 heteroatoms. The van der Waals surface area contributed by atoms with Crippen molar-refractivity contribution in [2.24, 2.45) is 0 Å². The normalized spacial score (nSPS) is 12.0. The van der Waals surface area contributed by atoms with Gasteiger partial charge >= 0.3 is 19.5 Å². The summed E-state index contributed by atoms with van der Waals surface area (Å²) in [4.78, 5) is 0. The van der Waals surface area contributed by atoms with Crippen molar-refractivity contribution in [1.29, 1.82) is 0 Å². The first-order valence-electron chi connectivity index (χ1n) is 16.0. The van der Waals surface area contributed by atoms with E-state index in [4.69, 9.17) is 75.3 Å². The summed E-state index contributed by atoms with van der Waals surface area (Å²) in [6.07, 6.45) is 19.4. The summed E-state index contributed by atoms with van der Waals surface area (Å²) in [6, 6.07) is 12.9. The molecule has 2 rings (SSSR count). The SMILES string of the molecule is CCCCCc1cccc([NH+]([S-])C(=S)[S-])c1CCCCC.CCCCCc1cccc([NH+]([S-])C(=S)[S-])c1CCCCC.[Zn+2]. The van der Waals surface area contributed by atoms with Crippen molar-refractivity contribution in [3.63, 3.8) is 0 Å². The number of nitrogens with one attached hydrogen (secondary N) is 2. The van der Waals surface area contributed by atoms with Gasteiger partial charge in [-0.1, -0.05) is 103 Å². The number of unbranched alkanes of at least 4 members (excludes halogenated alkanes) is 8. The largest absolute Gasteiger partial charge is 2.00 e. The quantitative estimate of drug-likeness (QED) is 0.0690. The van der Waals surface area contributed by atoms with Crippen molar-refractivity contribution in [2.45, 2.75) is 130 Å². The van der Waals surface area contributed by atoms with Crippen LogP contribution in [0.2, 0.25) is 0 Å². The van der Waals surface area contributed by atoms with Gasteiger partial charge in [-0.3, -0.25) is 0 Å². The molecule has 0 heterocycles. The van der Waals surface area contributed by atoms with Gasteiger partial charge in [0.2, 0.25) is 0 Å². The van der Waals surface area contributed by atoms with Crippen molar-refractivity contribution in [3.05, 3.63) is 58.7 Å². The Hall–Kier alpha value is 0.303. The standard InChI is InChI=1S/2C17H27NS3.Zn/c2*1-3-5-7-10-14-11-9-13-16(18(21)17(19)20)15(14)12-8-6-4-2;/h2*9,11,13,18H,3-8,10,12H2,1-2H3,(H,19,20);/q;;+2/p-2. The molecule has 2 nitrogen and oxygen atoms in total. The van der Waals surface area contributed by atoms with E-state index >= 15 is 0 Å². The average Bonchev–Trinajstić information content (AvgIpc) is 2.98. The van der Waals surface area contributed by atoms with E-state index in [0.29, 0.717) is 17.3 Å². The minimum Gasteiger partial charge on any atom is -0.485 e. The molecule has 0 saturated heterocycles. The fourth-order valence-corrected chi connectivity index (χ4v) is 6.03. The molecule has 0 radical (unpaired) electrons. The van der Waals surface area contributed by atoms with Gasteiger partial charge in [0.15, 0.2) is 0 Å². The fourth-order valence-electron chi connectivity index (χ4n) is 5.21. The molecule has 0 aromatic heterocycles. The van der Waals surface area contributed by atoms with Crippen LogP contribution < -0.4 is 8.61 Å². The molecule has 43 heavy (non-hydrogen) atoms. The second-order valence-corrected chi connectivity index (χ2v) is 13.9. The molecule has 0 fully saturated rings. The van der Waals surface area contributed by atoms with E-state index < -0.39 is 0 Å². The van der Waals surface area contributed by atoms with E-state index in [2.05, 4.69) is 64.1 Å². The smallest absolute Gasteiger partial charge is 0.485 e. The maximum absolute atomic E-state index is 5.46. The Morgan fingerprint density at radius 3 is 1.12 bits per heavy atom. The Labute approximate surface area is 310 Å². The average molecular weight is 747 g/mol. The zero-order valence-corrected chi connectivity index (χ0v) is 34.8. The zero-order chi connectivity index (χ0) is 31.3. The van der Waals surface area contributed by atoms with Crippen molar-refractivity contribution in [2.75, 3.05) is 0 Å². The Bertz CT molecular complexity index is 982. The fraction of sp³-hybridized carbons (Fsp3) is 0.588. The van der Waals surface area contributed by atoms with E-state index in [1.54, 1.807) is 0 Å². The summed E-state index contributed by atoms with van der Waals surface area (Å²) in [5, 5.41) is 0. The van der Waals surface area contributed by atoms with Crippen LogP contribution in [-0.4, -0.2) is 8.64 Å². The molecule has 0 aliphatic heterocycles. The molecule has 0 saturated carbocycles. The maximum atomic E-state index is 5.46. The minimum absolute atomic E-state index is 0. The van der Waals surface area contributed by atoms with Crippen molar-refractivity contribution in [1.82, 2.24) is 0 Å². The van der Waals surface area contributed by atoms with E-state index in [1.165, 1.54) is 99.3 Å². The molecule has 0 spiro atoms. The van der Waals surface area contributed by atoms with E-state index in [0.717, 1.165) is 37.1 Å². The maximum Gasteiger partial charge on any atom is 2.00 e. The minimum atomic E-state index is 0. The summed E-state index contributed by atoms with van der Waals surface area (Å²) in [5.41, 5.74) is 7.86. The second-order valence-electron chi connectivity index (χ2n) is 10.9. The number of aryl methyl sites for hydroxylation is 2. The molecule has 2 N–H and O–H groups in total. The van der Waals surface area contributed by atoms with Crippen LogP contribution in [0, 0.1) is 0 Å². The van der Waals surface area contributed by atoms with Crippen LogP contribution >= 0.6 is 24.4 Å². The van der Waals surface area contributed by atoms with Crippen LogP contribution in [0.15, 0.2) is 36.4 Å². The molecule has 2 atom stereocenters. The van der Waals surface area contributed by atoms with Gasteiger partial charge in [0, 0.05) is 19.8 Å². The van der Waals surface area contributed by atoms with E-state index in [1.807, 2.05) is 0 Å². The predicted octanol–water partition coefficient (Wildman–Crippen LogP) is 7.92. The molecule has 0 aliphatic carbocycles. The molecule has 2 aromatic carbocycles. The predicted molar refractivity (Wildman–Crippen MR) is 202 cm³/mol. The van der Waals surface area contributed by atoms with Gasteiger partial charge in [0.25, 0.3) is 0 Å². The van der Waals surface area contributed by atoms with Gasteiger partial charge in [0.05, 0.1) is 0 Å². The van der Waals surface area contributed by atoms with Gasteiger partial charge in [-0.25, -0.2) is 0 Å². The van der Waals surface area contributed by atoms with Crippen LogP contribution in [0.1, 0.15) is 127 Å². The van der Waals surface area contributed by atoms with Gasteiger partial charge in [-0.2, -0.15) is 0 Å². The Kier molecular flexibility index (Phi) is 26.6. The number of quaternary nitrogens is 2. The summed E-state index contributed by atoms with van der Waals surface area (Å²) in [7, 11) is 0. The van der Waals surface area contributed by atoms with Crippen molar-refractivity contribution >= 4 is 95.3 Å². The van der Waals surface area contributed by atoms with E-state index in [9.17, 15) is 0 Å². The third kappa shape index (κ3) is 16.6. The monoisotopic (exact) mass is 744 g/mol. The molecule has 0 amide bonds. The number of benzene rings is 2. The number of hydrogen-bond donors (Lipinski definition) is 2. The topological polar surface area (TPSA) is 8.88 Å². The van der Waals surface area contributed by atoms with Gasteiger partial charge in [-0.15, -0.1) is 0 Å². The van der Waals surface area contributed by atoms with Crippen molar-refractivity contribution < 1.29 is 28.1 Å². The molecule has 2 aromatic rings. The molecule has 0 bridgehead atoms. The Balaban J connectivity index is 0.000000802. The molecule has 2 unspecified atom stereocenters. The van der Waals surface area contributed by atoms with Gasteiger partial charge < -0.3 is 83.9 Å². The van der Waals surface area contributed by atoms with Crippen LogP contribution in [0.3, 0.4) is 0 Å². The summed E-state index contributed by atoms with van der Waals surface area (Å²) in [6.45, 7) is 8.95.